The summed E-state index contributed by atoms with van der Waals surface area (Å²) >= 11 is 0. The Hall–Kier alpha value is -1.97. The number of anilines is 1. The number of rotatable bonds is 3. The maximum absolute atomic E-state index is 5.81. The van der Waals surface area contributed by atoms with Crippen LogP contribution in [0.3, 0.4) is 0 Å². The van der Waals surface area contributed by atoms with Crippen LogP contribution in [-0.2, 0) is 0 Å². The van der Waals surface area contributed by atoms with Gasteiger partial charge in [0.2, 0.25) is 5.95 Å². The number of nitrogens with zero attached hydrogens (tertiary/aromatic N) is 2. The zero-order chi connectivity index (χ0) is 12.4. The van der Waals surface area contributed by atoms with E-state index in [1.54, 1.807) is 0 Å². The van der Waals surface area contributed by atoms with E-state index in [-0.39, 0.29) is 6.10 Å². The normalized spacial score (nSPS) is 10.8. The fourth-order valence-corrected chi connectivity index (χ4v) is 1.68. The van der Waals surface area contributed by atoms with Gasteiger partial charge in [-0.3, -0.25) is 4.57 Å². The summed E-state index contributed by atoms with van der Waals surface area (Å²) in [6, 6.07) is 7.80. The highest BCUT2D eigenvalue weighted by Gasteiger charge is 2.04. The van der Waals surface area contributed by atoms with Gasteiger partial charge in [-0.05, 0) is 45.0 Å². The van der Waals surface area contributed by atoms with Crippen molar-refractivity contribution in [1.29, 1.82) is 0 Å². The molecule has 0 aliphatic rings. The SMILES string of the molecule is Cc1cn(-c2ccc(OC(C)C)cc2)c(N)n1. The van der Waals surface area contributed by atoms with Crippen molar-refractivity contribution < 1.29 is 4.74 Å². The first-order chi connectivity index (χ1) is 8.06. The summed E-state index contributed by atoms with van der Waals surface area (Å²) in [4.78, 5) is 4.17. The maximum Gasteiger partial charge on any atom is 0.205 e. The molecule has 17 heavy (non-hydrogen) atoms. The fraction of sp³-hybridized carbons (Fsp3) is 0.308. The average molecular weight is 231 g/mol. The summed E-state index contributed by atoms with van der Waals surface area (Å²) in [5.74, 6) is 1.36. The van der Waals surface area contributed by atoms with E-state index in [4.69, 9.17) is 10.5 Å². The molecule has 90 valence electrons. The molecule has 1 heterocycles. The van der Waals surface area contributed by atoms with Crippen molar-refractivity contribution in [3.8, 4) is 11.4 Å². The minimum absolute atomic E-state index is 0.182. The Labute approximate surface area is 101 Å². The van der Waals surface area contributed by atoms with Gasteiger partial charge < -0.3 is 10.5 Å². The standard InChI is InChI=1S/C13H17N3O/c1-9(2)17-12-6-4-11(5-7-12)16-8-10(3)15-13(16)14/h4-9H,1-3H3,(H2,14,15). The van der Waals surface area contributed by atoms with Crippen molar-refractivity contribution in [2.24, 2.45) is 0 Å². The van der Waals surface area contributed by atoms with E-state index in [0.717, 1.165) is 17.1 Å². The van der Waals surface area contributed by atoms with Crippen molar-refractivity contribution in [3.05, 3.63) is 36.2 Å². The van der Waals surface area contributed by atoms with Crippen molar-refractivity contribution in [2.75, 3.05) is 5.73 Å². The van der Waals surface area contributed by atoms with Crippen LogP contribution in [0.25, 0.3) is 5.69 Å². The molecule has 2 rings (SSSR count). The molecule has 0 atom stereocenters. The Morgan fingerprint density at radius 2 is 1.88 bits per heavy atom. The molecule has 0 saturated heterocycles. The second-order valence-electron chi connectivity index (χ2n) is 4.27. The predicted molar refractivity (Wildman–Crippen MR) is 68.5 cm³/mol. The van der Waals surface area contributed by atoms with E-state index >= 15 is 0 Å². The first-order valence-electron chi connectivity index (χ1n) is 5.65. The lowest BCUT2D eigenvalue weighted by Gasteiger charge is -2.10. The average Bonchev–Trinajstić information content (AvgIpc) is 2.58. The lowest BCUT2D eigenvalue weighted by Crippen LogP contribution is -2.05. The predicted octanol–water partition coefficient (Wildman–Crippen LogP) is 2.55. The third-order valence-electron chi connectivity index (χ3n) is 2.34. The van der Waals surface area contributed by atoms with E-state index < -0.39 is 0 Å². The Kier molecular flexibility index (Phi) is 3.04. The van der Waals surface area contributed by atoms with Crippen LogP contribution in [0.4, 0.5) is 5.95 Å². The Morgan fingerprint density at radius 3 is 2.35 bits per heavy atom. The Morgan fingerprint density at radius 1 is 1.24 bits per heavy atom. The quantitative estimate of drug-likeness (QED) is 0.883. The summed E-state index contributed by atoms with van der Waals surface area (Å²) in [5, 5.41) is 0. The van der Waals surface area contributed by atoms with Crippen LogP contribution in [0.2, 0.25) is 0 Å². The minimum Gasteiger partial charge on any atom is -0.491 e. The summed E-state index contributed by atoms with van der Waals surface area (Å²) in [6.45, 7) is 5.93. The minimum atomic E-state index is 0.182. The van der Waals surface area contributed by atoms with Gasteiger partial charge in [0, 0.05) is 11.9 Å². The lowest BCUT2D eigenvalue weighted by molar-refractivity contribution is 0.242. The molecule has 2 aromatic rings. The van der Waals surface area contributed by atoms with E-state index in [2.05, 4.69) is 4.98 Å². The number of aryl methyl sites for hydroxylation is 1. The number of benzene rings is 1. The van der Waals surface area contributed by atoms with Gasteiger partial charge in [0.05, 0.1) is 11.8 Å². The topological polar surface area (TPSA) is 53.1 Å². The Bertz CT molecular complexity index is 500. The van der Waals surface area contributed by atoms with Gasteiger partial charge in [-0.15, -0.1) is 0 Å². The zero-order valence-electron chi connectivity index (χ0n) is 10.3. The fourth-order valence-electron chi connectivity index (χ4n) is 1.68. The molecule has 0 unspecified atom stereocenters. The van der Waals surface area contributed by atoms with Crippen LogP contribution >= 0.6 is 0 Å². The van der Waals surface area contributed by atoms with Crippen molar-refractivity contribution in [2.45, 2.75) is 26.9 Å². The van der Waals surface area contributed by atoms with Crippen LogP contribution in [0.1, 0.15) is 19.5 Å². The molecule has 0 radical (unpaired) electrons. The molecule has 0 aliphatic heterocycles. The summed E-state index contributed by atoms with van der Waals surface area (Å²) in [5.41, 5.74) is 7.71. The molecule has 4 heteroatoms. The van der Waals surface area contributed by atoms with Gasteiger partial charge in [-0.2, -0.15) is 0 Å². The van der Waals surface area contributed by atoms with Crippen LogP contribution in [0.5, 0.6) is 5.75 Å². The molecule has 0 aliphatic carbocycles. The first kappa shape index (κ1) is 11.5. The molecule has 0 amide bonds. The number of aromatic nitrogens is 2. The number of imidazole rings is 1. The molecule has 2 N–H and O–H groups in total. The smallest absolute Gasteiger partial charge is 0.205 e. The van der Waals surface area contributed by atoms with Crippen LogP contribution in [-0.4, -0.2) is 15.7 Å². The third kappa shape index (κ3) is 2.58. The van der Waals surface area contributed by atoms with Crippen LogP contribution < -0.4 is 10.5 Å². The second kappa shape index (κ2) is 4.49. The summed E-state index contributed by atoms with van der Waals surface area (Å²) in [6.07, 6.45) is 2.09. The van der Waals surface area contributed by atoms with Gasteiger partial charge in [-0.1, -0.05) is 0 Å². The number of nitrogen functional groups attached to an aromatic ring is 1. The summed E-state index contributed by atoms with van der Waals surface area (Å²) in [7, 11) is 0. The molecule has 0 saturated carbocycles. The van der Waals surface area contributed by atoms with E-state index in [1.165, 1.54) is 0 Å². The molecular weight excluding hydrogens is 214 g/mol. The maximum atomic E-state index is 5.81. The zero-order valence-corrected chi connectivity index (χ0v) is 10.3. The highest BCUT2D eigenvalue weighted by atomic mass is 16.5. The van der Waals surface area contributed by atoms with Crippen LogP contribution in [0, 0.1) is 6.92 Å². The van der Waals surface area contributed by atoms with Gasteiger partial charge in [-0.25, -0.2) is 4.98 Å². The highest BCUT2D eigenvalue weighted by molar-refractivity contribution is 5.43. The van der Waals surface area contributed by atoms with Crippen molar-refractivity contribution in [1.82, 2.24) is 9.55 Å². The second-order valence-corrected chi connectivity index (χ2v) is 4.27. The van der Waals surface area contributed by atoms with Gasteiger partial charge in [0.25, 0.3) is 0 Å². The van der Waals surface area contributed by atoms with Gasteiger partial charge in [0.15, 0.2) is 0 Å². The Balaban J connectivity index is 2.26. The van der Waals surface area contributed by atoms with E-state index in [0.29, 0.717) is 5.95 Å². The molecule has 1 aromatic carbocycles. The molecule has 0 spiro atoms. The molecule has 1 aromatic heterocycles. The van der Waals surface area contributed by atoms with E-state index in [9.17, 15) is 0 Å². The van der Waals surface area contributed by atoms with Crippen molar-refractivity contribution >= 4 is 5.95 Å². The number of ether oxygens (including phenoxy) is 1. The lowest BCUT2D eigenvalue weighted by atomic mass is 10.3. The number of nitrogens with two attached hydrogens (primary N) is 1. The number of hydrogen-bond acceptors (Lipinski definition) is 3. The van der Waals surface area contributed by atoms with Gasteiger partial charge >= 0.3 is 0 Å². The molecular formula is C13H17N3O. The van der Waals surface area contributed by atoms with Gasteiger partial charge in [0.1, 0.15) is 5.75 Å². The molecule has 0 fully saturated rings. The monoisotopic (exact) mass is 231 g/mol. The molecule has 4 nitrogen and oxygen atoms in total. The first-order valence-corrected chi connectivity index (χ1v) is 5.65. The van der Waals surface area contributed by atoms with Crippen LogP contribution in [0.15, 0.2) is 30.5 Å². The largest absolute Gasteiger partial charge is 0.491 e. The molecule has 0 bridgehead atoms. The highest BCUT2D eigenvalue weighted by Crippen LogP contribution is 2.19. The van der Waals surface area contributed by atoms with E-state index in [1.807, 2.05) is 55.8 Å². The summed E-state index contributed by atoms with van der Waals surface area (Å²) < 4.78 is 7.44. The van der Waals surface area contributed by atoms with Crippen molar-refractivity contribution in [3.63, 3.8) is 0 Å². The number of hydrogen-bond donors (Lipinski definition) is 1. The third-order valence-corrected chi connectivity index (χ3v) is 2.34.